The van der Waals surface area contributed by atoms with E-state index >= 15 is 0 Å². The van der Waals surface area contributed by atoms with Crippen molar-refractivity contribution in [3.63, 3.8) is 0 Å². The summed E-state index contributed by atoms with van der Waals surface area (Å²) in [7, 11) is 0. The summed E-state index contributed by atoms with van der Waals surface area (Å²) >= 11 is 6.05. The van der Waals surface area contributed by atoms with Gasteiger partial charge in [-0.1, -0.05) is 41.9 Å². The SMILES string of the molecule is Cc1ccnc(Cl)c1-c1ccccc1. The van der Waals surface area contributed by atoms with E-state index in [1.54, 1.807) is 6.20 Å². The lowest BCUT2D eigenvalue weighted by molar-refractivity contribution is 1.29. The molecular formula is C12H10ClN. The second-order valence-electron chi connectivity index (χ2n) is 3.16. The van der Waals surface area contributed by atoms with Crippen molar-refractivity contribution in [1.29, 1.82) is 0 Å². The quantitative estimate of drug-likeness (QED) is 0.644. The van der Waals surface area contributed by atoms with Gasteiger partial charge < -0.3 is 0 Å². The van der Waals surface area contributed by atoms with Gasteiger partial charge in [-0.05, 0) is 24.1 Å². The van der Waals surface area contributed by atoms with E-state index < -0.39 is 0 Å². The van der Waals surface area contributed by atoms with Crippen LogP contribution in [0.4, 0.5) is 0 Å². The molecule has 2 aromatic rings. The van der Waals surface area contributed by atoms with E-state index in [0.717, 1.165) is 16.7 Å². The van der Waals surface area contributed by atoms with Crippen LogP contribution >= 0.6 is 11.6 Å². The number of rotatable bonds is 1. The van der Waals surface area contributed by atoms with Crippen LogP contribution in [0.1, 0.15) is 5.56 Å². The van der Waals surface area contributed by atoms with Crippen LogP contribution in [0.25, 0.3) is 11.1 Å². The van der Waals surface area contributed by atoms with Crippen LogP contribution in [0.2, 0.25) is 5.15 Å². The predicted molar refractivity (Wildman–Crippen MR) is 59.4 cm³/mol. The lowest BCUT2D eigenvalue weighted by Crippen LogP contribution is -1.86. The second-order valence-corrected chi connectivity index (χ2v) is 3.52. The first kappa shape index (κ1) is 9.22. The first-order valence-electron chi connectivity index (χ1n) is 4.45. The van der Waals surface area contributed by atoms with Gasteiger partial charge in [0.15, 0.2) is 0 Å². The van der Waals surface area contributed by atoms with Crippen molar-refractivity contribution in [1.82, 2.24) is 4.98 Å². The molecule has 0 amide bonds. The highest BCUT2D eigenvalue weighted by Crippen LogP contribution is 2.28. The number of pyridine rings is 1. The molecule has 14 heavy (non-hydrogen) atoms. The van der Waals surface area contributed by atoms with Crippen molar-refractivity contribution < 1.29 is 0 Å². The summed E-state index contributed by atoms with van der Waals surface area (Å²) in [6.45, 7) is 2.04. The molecule has 0 aliphatic carbocycles. The standard InChI is InChI=1S/C12H10ClN/c1-9-7-8-14-12(13)11(9)10-5-3-2-4-6-10/h2-8H,1H3. The highest BCUT2D eigenvalue weighted by atomic mass is 35.5. The number of nitrogens with zero attached hydrogens (tertiary/aromatic N) is 1. The summed E-state index contributed by atoms with van der Waals surface area (Å²) in [6.07, 6.45) is 1.73. The van der Waals surface area contributed by atoms with Gasteiger partial charge in [-0.15, -0.1) is 0 Å². The smallest absolute Gasteiger partial charge is 0.137 e. The zero-order valence-corrected chi connectivity index (χ0v) is 8.62. The maximum absolute atomic E-state index is 6.05. The van der Waals surface area contributed by atoms with Crippen molar-refractivity contribution >= 4 is 11.6 Å². The largest absolute Gasteiger partial charge is 0.244 e. The normalized spacial score (nSPS) is 10.1. The Balaban J connectivity index is 2.63. The minimum Gasteiger partial charge on any atom is -0.244 e. The highest BCUT2D eigenvalue weighted by molar-refractivity contribution is 6.32. The molecule has 0 fully saturated rings. The number of benzene rings is 1. The van der Waals surface area contributed by atoms with Crippen LogP contribution in [0.3, 0.4) is 0 Å². The molecule has 0 saturated carbocycles. The fourth-order valence-electron chi connectivity index (χ4n) is 1.48. The molecule has 0 aliphatic heterocycles. The van der Waals surface area contributed by atoms with E-state index in [2.05, 4.69) is 4.98 Å². The van der Waals surface area contributed by atoms with Gasteiger partial charge in [0.2, 0.25) is 0 Å². The van der Waals surface area contributed by atoms with Crippen molar-refractivity contribution in [3.05, 3.63) is 53.3 Å². The zero-order valence-electron chi connectivity index (χ0n) is 7.87. The Labute approximate surface area is 88.4 Å². The molecule has 0 unspecified atom stereocenters. The predicted octanol–water partition coefficient (Wildman–Crippen LogP) is 3.71. The lowest BCUT2D eigenvalue weighted by atomic mass is 10.0. The fourth-order valence-corrected chi connectivity index (χ4v) is 1.79. The van der Waals surface area contributed by atoms with Crippen molar-refractivity contribution in [2.75, 3.05) is 0 Å². The lowest BCUT2D eigenvalue weighted by Gasteiger charge is -2.06. The topological polar surface area (TPSA) is 12.9 Å². The van der Waals surface area contributed by atoms with Crippen LogP contribution in [0, 0.1) is 6.92 Å². The Morgan fingerprint density at radius 2 is 1.79 bits per heavy atom. The van der Waals surface area contributed by atoms with Gasteiger partial charge in [-0.2, -0.15) is 0 Å². The monoisotopic (exact) mass is 203 g/mol. The van der Waals surface area contributed by atoms with Crippen molar-refractivity contribution in [2.24, 2.45) is 0 Å². The van der Waals surface area contributed by atoms with Crippen LogP contribution in [-0.2, 0) is 0 Å². The fraction of sp³-hybridized carbons (Fsp3) is 0.0833. The molecular weight excluding hydrogens is 194 g/mol. The van der Waals surface area contributed by atoms with Crippen LogP contribution in [0.5, 0.6) is 0 Å². The molecule has 2 rings (SSSR count). The van der Waals surface area contributed by atoms with E-state index in [9.17, 15) is 0 Å². The maximum Gasteiger partial charge on any atom is 0.137 e. The molecule has 0 bridgehead atoms. The van der Waals surface area contributed by atoms with Gasteiger partial charge in [0.1, 0.15) is 5.15 Å². The summed E-state index contributed by atoms with van der Waals surface area (Å²) in [6, 6.07) is 12.0. The molecule has 1 nitrogen and oxygen atoms in total. The Morgan fingerprint density at radius 1 is 1.07 bits per heavy atom. The van der Waals surface area contributed by atoms with Gasteiger partial charge in [-0.25, -0.2) is 4.98 Å². The number of aromatic nitrogens is 1. The third-order valence-corrected chi connectivity index (χ3v) is 2.46. The minimum absolute atomic E-state index is 0.566. The van der Waals surface area contributed by atoms with E-state index in [1.165, 1.54) is 0 Å². The summed E-state index contributed by atoms with van der Waals surface area (Å²) in [5.74, 6) is 0. The molecule has 1 aromatic heterocycles. The minimum atomic E-state index is 0.566. The number of aryl methyl sites for hydroxylation is 1. The molecule has 0 atom stereocenters. The number of hydrogen-bond donors (Lipinski definition) is 0. The van der Waals surface area contributed by atoms with Crippen molar-refractivity contribution in [2.45, 2.75) is 6.92 Å². The molecule has 70 valence electrons. The third-order valence-electron chi connectivity index (χ3n) is 2.18. The summed E-state index contributed by atoms with van der Waals surface area (Å²) in [4.78, 5) is 4.08. The van der Waals surface area contributed by atoms with E-state index in [1.807, 2.05) is 43.3 Å². The van der Waals surface area contributed by atoms with Gasteiger partial charge in [-0.3, -0.25) is 0 Å². The molecule has 0 radical (unpaired) electrons. The molecule has 0 saturated heterocycles. The van der Waals surface area contributed by atoms with E-state index in [-0.39, 0.29) is 0 Å². The van der Waals surface area contributed by atoms with Gasteiger partial charge >= 0.3 is 0 Å². The second kappa shape index (κ2) is 3.81. The Bertz CT molecular complexity index is 417. The first-order chi connectivity index (χ1) is 6.79. The van der Waals surface area contributed by atoms with Gasteiger partial charge in [0.05, 0.1) is 0 Å². The molecule has 0 aliphatic rings. The molecule has 1 heterocycles. The van der Waals surface area contributed by atoms with E-state index in [4.69, 9.17) is 11.6 Å². The molecule has 1 aromatic carbocycles. The van der Waals surface area contributed by atoms with Crippen molar-refractivity contribution in [3.8, 4) is 11.1 Å². The summed E-state index contributed by atoms with van der Waals surface area (Å²) < 4.78 is 0. The Kier molecular flexibility index (Phi) is 2.51. The van der Waals surface area contributed by atoms with Crippen LogP contribution in [0.15, 0.2) is 42.6 Å². The molecule has 0 spiro atoms. The van der Waals surface area contributed by atoms with Crippen LogP contribution < -0.4 is 0 Å². The third kappa shape index (κ3) is 1.64. The average molecular weight is 204 g/mol. The summed E-state index contributed by atoms with van der Waals surface area (Å²) in [5, 5.41) is 0.566. The van der Waals surface area contributed by atoms with Gasteiger partial charge in [0.25, 0.3) is 0 Å². The maximum atomic E-state index is 6.05. The number of halogens is 1. The highest BCUT2D eigenvalue weighted by Gasteiger charge is 2.06. The molecule has 2 heteroatoms. The zero-order chi connectivity index (χ0) is 9.97. The Hall–Kier alpha value is -1.34. The first-order valence-corrected chi connectivity index (χ1v) is 4.83. The summed E-state index contributed by atoms with van der Waals surface area (Å²) in [5.41, 5.74) is 3.29. The van der Waals surface area contributed by atoms with Gasteiger partial charge in [0, 0.05) is 11.8 Å². The average Bonchev–Trinajstić information content (AvgIpc) is 2.19. The molecule has 0 N–H and O–H groups in total. The Morgan fingerprint density at radius 3 is 2.43 bits per heavy atom. The number of hydrogen-bond acceptors (Lipinski definition) is 1. The van der Waals surface area contributed by atoms with Crippen LogP contribution in [-0.4, -0.2) is 4.98 Å². The van der Waals surface area contributed by atoms with E-state index in [0.29, 0.717) is 5.15 Å².